The molecule has 4 nitrogen and oxygen atoms in total. The zero-order valence-electron chi connectivity index (χ0n) is 9.57. The molecule has 2 N–H and O–H groups in total. The van der Waals surface area contributed by atoms with Crippen LogP contribution < -0.4 is 5.73 Å². The summed E-state index contributed by atoms with van der Waals surface area (Å²) in [5, 5.41) is 0. The minimum Gasteiger partial charge on any atom is -0.383 e. The minimum atomic E-state index is 0.378. The van der Waals surface area contributed by atoms with Crippen LogP contribution >= 0.6 is 0 Å². The third-order valence-electron chi connectivity index (χ3n) is 2.98. The second-order valence-corrected chi connectivity index (χ2v) is 4.19. The van der Waals surface area contributed by atoms with Gasteiger partial charge in [-0.2, -0.15) is 0 Å². The Bertz CT molecular complexity index is 165. The maximum atomic E-state index is 5.75. The van der Waals surface area contributed by atoms with E-state index in [9.17, 15) is 0 Å². The van der Waals surface area contributed by atoms with E-state index in [-0.39, 0.29) is 0 Å². The van der Waals surface area contributed by atoms with E-state index in [0.717, 1.165) is 26.2 Å². The van der Waals surface area contributed by atoms with Gasteiger partial charge < -0.3 is 15.4 Å². The fourth-order valence-corrected chi connectivity index (χ4v) is 2.19. The molecule has 1 saturated heterocycles. The molecular formula is C10H23N3O. The first-order chi connectivity index (χ1) is 6.69. The molecule has 0 saturated carbocycles. The number of ether oxygens (including phenoxy) is 1. The van der Waals surface area contributed by atoms with Gasteiger partial charge in [0.15, 0.2) is 0 Å². The fraction of sp³-hybridized carbons (Fsp3) is 1.00. The molecule has 0 amide bonds. The van der Waals surface area contributed by atoms with Gasteiger partial charge in [0, 0.05) is 45.4 Å². The average molecular weight is 201 g/mol. The van der Waals surface area contributed by atoms with Gasteiger partial charge in [0.2, 0.25) is 0 Å². The Balaban J connectivity index is 2.48. The van der Waals surface area contributed by atoms with Gasteiger partial charge in [-0.1, -0.05) is 0 Å². The molecular weight excluding hydrogens is 178 g/mol. The number of nitrogens with zero attached hydrogens (tertiary/aromatic N) is 2. The van der Waals surface area contributed by atoms with Crippen molar-refractivity contribution in [1.82, 2.24) is 9.80 Å². The SMILES string of the molecule is COCC(CN)N1CCN(C)CC1C. The predicted molar refractivity (Wildman–Crippen MR) is 58.4 cm³/mol. The molecule has 0 aromatic heterocycles. The van der Waals surface area contributed by atoms with E-state index in [1.807, 2.05) is 0 Å². The van der Waals surface area contributed by atoms with Gasteiger partial charge in [-0.3, -0.25) is 4.90 Å². The topological polar surface area (TPSA) is 41.7 Å². The average Bonchev–Trinajstić information content (AvgIpc) is 2.15. The van der Waals surface area contributed by atoms with Gasteiger partial charge in [0.25, 0.3) is 0 Å². The van der Waals surface area contributed by atoms with E-state index in [1.54, 1.807) is 7.11 Å². The Morgan fingerprint density at radius 3 is 2.71 bits per heavy atom. The summed E-state index contributed by atoms with van der Waals surface area (Å²) in [5.41, 5.74) is 5.75. The zero-order chi connectivity index (χ0) is 10.6. The highest BCUT2D eigenvalue weighted by atomic mass is 16.5. The van der Waals surface area contributed by atoms with Crippen LogP contribution in [0.4, 0.5) is 0 Å². The lowest BCUT2D eigenvalue weighted by molar-refractivity contribution is 0.0264. The van der Waals surface area contributed by atoms with Crippen LogP contribution in [0.15, 0.2) is 0 Å². The first-order valence-electron chi connectivity index (χ1n) is 5.32. The summed E-state index contributed by atoms with van der Waals surface area (Å²) in [5.74, 6) is 0. The van der Waals surface area contributed by atoms with Crippen molar-refractivity contribution in [2.24, 2.45) is 5.73 Å². The lowest BCUT2D eigenvalue weighted by atomic mass is 10.1. The molecule has 84 valence electrons. The van der Waals surface area contributed by atoms with Crippen molar-refractivity contribution in [2.75, 3.05) is 46.9 Å². The zero-order valence-corrected chi connectivity index (χ0v) is 9.57. The number of nitrogens with two attached hydrogens (primary N) is 1. The van der Waals surface area contributed by atoms with Crippen molar-refractivity contribution >= 4 is 0 Å². The van der Waals surface area contributed by atoms with E-state index in [2.05, 4.69) is 23.8 Å². The van der Waals surface area contributed by atoms with Crippen LogP contribution in [0.5, 0.6) is 0 Å². The second kappa shape index (κ2) is 5.66. The number of rotatable bonds is 4. The van der Waals surface area contributed by atoms with Crippen LogP contribution in [-0.4, -0.2) is 68.8 Å². The molecule has 2 unspecified atom stereocenters. The van der Waals surface area contributed by atoms with E-state index in [1.165, 1.54) is 0 Å². The lowest BCUT2D eigenvalue weighted by Gasteiger charge is -2.42. The molecule has 0 radical (unpaired) electrons. The molecule has 0 aromatic carbocycles. The molecule has 1 aliphatic rings. The Labute approximate surface area is 87.0 Å². The van der Waals surface area contributed by atoms with Crippen LogP contribution in [0.3, 0.4) is 0 Å². The molecule has 1 aliphatic heterocycles. The van der Waals surface area contributed by atoms with E-state index in [4.69, 9.17) is 10.5 Å². The number of likely N-dealkylation sites (N-methyl/N-ethyl adjacent to an activating group) is 1. The Morgan fingerprint density at radius 2 is 2.21 bits per heavy atom. The fourth-order valence-electron chi connectivity index (χ4n) is 2.19. The first kappa shape index (κ1) is 11.9. The summed E-state index contributed by atoms with van der Waals surface area (Å²) in [7, 11) is 3.91. The standard InChI is InChI=1S/C10H23N3O/c1-9-7-12(2)4-5-13(9)10(6-11)8-14-3/h9-10H,4-8,11H2,1-3H3. The molecule has 0 spiro atoms. The third kappa shape index (κ3) is 2.92. The molecule has 1 heterocycles. The van der Waals surface area contributed by atoms with Gasteiger partial charge in [0.05, 0.1) is 6.61 Å². The van der Waals surface area contributed by atoms with Crippen molar-refractivity contribution in [2.45, 2.75) is 19.0 Å². The first-order valence-corrected chi connectivity index (χ1v) is 5.32. The quantitative estimate of drug-likeness (QED) is 0.672. The van der Waals surface area contributed by atoms with E-state index >= 15 is 0 Å². The molecule has 1 fully saturated rings. The van der Waals surface area contributed by atoms with Crippen molar-refractivity contribution in [3.63, 3.8) is 0 Å². The summed E-state index contributed by atoms with van der Waals surface area (Å²) in [6, 6.07) is 0.959. The molecule has 0 aliphatic carbocycles. The maximum absolute atomic E-state index is 5.75. The van der Waals surface area contributed by atoms with Gasteiger partial charge in [-0.25, -0.2) is 0 Å². The van der Waals surface area contributed by atoms with Crippen LogP contribution in [0.2, 0.25) is 0 Å². The Kier molecular flexibility index (Phi) is 4.81. The van der Waals surface area contributed by atoms with Crippen molar-refractivity contribution < 1.29 is 4.74 Å². The van der Waals surface area contributed by atoms with Crippen LogP contribution in [0.25, 0.3) is 0 Å². The summed E-state index contributed by atoms with van der Waals surface area (Å²) in [6.07, 6.45) is 0. The van der Waals surface area contributed by atoms with Gasteiger partial charge in [-0.05, 0) is 14.0 Å². The van der Waals surface area contributed by atoms with Crippen molar-refractivity contribution in [1.29, 1.82) is 0 Å². The molecule has 0 bridgehead atoms. The highest BCUT2D eigenvalue weighted by molar-refractivity contribution is 4.83. The normalized spacial score (nSPS) is 27.9. The summed E-state index contributed by atoms with van der Waals surface area (Å²) >= 11 is 0. The number of methoxy groups -OCH3 is 1. The van der Waals surface area contributed by atoms with Gasteiger partial charge in [-0.15, -0.1) is 0 Å². The van der Waals surface area contributed by atoms with Gasteiger partial charge >= 0.3 is 0 Å². The number of hydrogen-bond donors (Lipinski definition) is 1. The molecule has 2 atom stereocenters. The van der Waals surface area contributed by atoms with Crippen LogP contribution in [0, 0.1) is 0 Å². The number of hydrogen-bond acceptors (Lipinski definition) is 4. The molecule has 4 heteroatoms. The molecule has 14 heavy (non-hydrogen) atoms. The second-order valence-electron chi connectivity index (χ2n) is 4.19. The largest absolute Gasteiger partial charge is 0.383 e. The lowest BCUT2D eigenvalue weighted by Crippen LogP contribution is -2.57. The third-order valence-corrected chi connectivity index (χ3v) is 2.98. The van der Waals surface area contributed by atoms with Crippen molar-refractivity contribution in [3.8, 4) is 0 Å². The summed E-state index contributed by atoms with van der Waals surface area (Å²) in [4.78, 5) is 4.82. The minimum absolute atomic E-state index is 0.378. The Morgan fingerprint density at radius 1 is 1.50 bits per heavy atom. The van der Waals surface area contributed by atoms with Crippen molar-refractivity contribution in [3.05, 3.63) is 0 Å². The molecule has 1 rings (SSSR count). The maximum Gasteiger partial charge on any atom is 0.0630 e. The van der Waals surface area contributed by atoms with Crippen LogP contribution in [0.1, 0.15) is 6.92 Å². The monoisotopic (exact) mass is 201 g/mol. The van der Waals surface area contributed by atoms with Gasteiger partial charge in [0.1, 0.15) is 0 Å². The Hall–Kier alpha value is -0.160. The molecule has 0 aromatic rings. The van der Waals surface area contributed by atoms with Crippen LogP contribution in [-0.2, 0) is 4.74 Å². The predicted octanol–water partition coefficient (Wildman–Crippen LogP) is -0.404. The van der Waals surface area contributed by atoms with E-state index < -0.39 is 0 Å². The highest BCUT2D eigenvalue weighted by Crippen LogP contribution is 2.11. The summed E-state index contributed by atoms with van der Waals surface area (Å²) < 4.78 is 5.19. The smallest absolute Gasteiger partial charge is 0.0630 e. The summed E-state index contributed by atoms with van der Waals surface area (Å²) in [6.45, 7) is 7.04. The number of piperazine rings is 1. The highest BCUT2D eigenvalue weighted by Gasteiger charge is 2.26. The van der Waals surface area contributed by atoms with E-state index in [0.29, 0.717) is 18.6 Å².